The fourth-order valence-electron chi connectivity index (χ4n) is 2.77. The van der Waals surface area contributed by atoms with Gasteiger partial charge in [0.05, 0.1) is 23.8 Å². The molecule has 1 heterocycles. The minimum absolute atomic E-state index is 0.0287. The zero-order valence-electron chi connectivity index (χ0n) is 16.0. The van der Waals surface area contributed by atoms with Crippen LogP contribution in [0.15, 0.2) is 47.4 Å². The molecule has 0 spiro atoms. The molecule has 0 amide bonds. The van der Waals surface area contributed by atoms with Crippen molar-refractivity contribution in [2.24, 2.45) is 0 Å². The minimum atomic E-state index is -3.82. The van der Waals surface area contributed by atoms with Crippen LogP contribution in [0.4, 0.5) is 0 Å². The van der Waals surface area contributed by atoms with Gasteiger partial charge < -0.3 is 14.2 Å². The summed E-state index contributed by atoms with van der Waals surface area (Å²) in [5.41, 5.74) is 1.23. The number of benzene rings is 2. The second-order valence-electron chi connectivity index (χ2n) is 6.46. The summed E-state index contributed by atoms with van der Waals surface area (Å²) in [6, 6.07) is 11.6. The molecule has 0 N–H and O–H groups in total. The van der Waals surface area contributed by atoms with E-state index in [4.69, 9.17) is 25.8 Å². The van der Waals surface area contributed by atoms with E-state index in [9.17, 15) is 13.2 Å². The lowest BCUT2D eigenvalue weighted by atomic mass is 10.2. The fraction of sp³-hybridized carbons (Fsp3) is 0.350. The summed E-state index contributed by atoms with van der Waals surface area (Å²) < 4.78 is 42.9. The Kier molecular flexibility index (Phi) is 7.13. The van der Waals surface area contributed by atoms with E-state index in [1.807, 2.05) is 31.2 Å². The number of hydrogen-bond acceptors (Lipinski definition) is 6. The first-order valence-corrected chi connectivity index (χ1v) is 10.9. The van der Waals surface area contributed by atoms with Gasteiger partial charge in [-0.15, -0.1) is 0 Å². The summed E-state index contributed by atoms with van der Waals surface area (Å²) in [6.45, 7) is 3.31. The number of aryl methyl sites for hydroxylation is 1. The van der Waals surface area contributed by atoms with Crippen molar-refractivity contribution < 1.29 is 27.4 Å². The van der Waals surface area contributed by atoms with E-state index in [0.29, 0.717) is 19.0 Å². The van der Waals surface area contributed by atoms with E-state index in [1.54, 1.807) is 0 Å². The second kappa shape index (κ2) is 9.58. The number of hydrogen-bond donors (Lipinski definition) is 0. The van der Waals surface area contributed by atoms with Crippen LogP contribution >= 0.6 is 11.6 Å². The number of ether oxygens (including phenoxy) is 3. The number of carbonyl (C=O) groups excluding carboxylic acids is 1. The zero-order chi connectivity index (χ0) is 20.9. The van der Waals surface area contributed by atoms with Crippen molar-refractivity contribution in [3.05, 3.63) is 58.6 Å². The van der Waals surface area contributed by atoms with Gasteiger partial charge in [0.1, 0.15) is 23.9 Å². The van der Waals surface area contributed by atoms with E-state index in [-0.39, 0.29) is 41.8 Å². The number of rotatable bonds is 7. The molecule has 0 aliphatic carbocycles. The molecule has 0 bridgehead atoms. The Morgan fingerprint density at radius 3 is 2.48 bits per heavy atom. The number of nitrogens with zero attached hydrogens (tertiary/aromatic N) is 1. The van der Waals surface area contributed by atoms with Gasteiger partial charge in [0.25, 0.3) is 0 Å². The first-order chi connectivity index (χ1) is 13.9. The molecule has 29 heavy (non-hydrogen) atoms. The molecule has 1 aliphatic rings. The molecule has 0 atom stereocenters. The van der Waals surface area contributed by atoms with Crippen molar-refractivity contribution >= 4 is 27.6 Å². The highest BCUT2D eigenvalue weighted by molar-refractivity contribution is 7.89. The molecule has 1 saturated heterocycles. The lowest BCUT2D eigenvalue weighted by Crippen LogP contribution is -2.40. The normalized spacial score (nSPS) is 15.1. The van der Waals surface area contributed by atoms with Gasteiger partial charge in [-0.05, 0) is 37.3 Å². The van der Waals surface area contributed by atoms with Crippen LogP contribution < -0.4 is 4.74 Å². The van der Waals surface area contributed by atoms with Crippen LogP contribution in [0.3, 0.4) is 0 Å². The maximum absolute atomic E-state index is 12.8. The number of morpholine rings is 1. The van der Waals surface area contributed by atoms with Crippen LogP contribution in [0.1, 0.15) is 15.9 Å². The molecule has 0 unspecified atom stereocenters. The Morgan fingerprint density at radius 1 is 1.10 bits per heavy atom. The molecule has 9 heteroatoms. The topological polar surface area (TPSA) is 82.1 Å². The number of carbonyl (C=O) groups is 1. The quantitative estimate of drug-likeness (QED) is 0.487. The summed E-state index contributed by atoms with van der Waals surface area (Å²) >= 11 is 6.10. The average Bonchev–Trinajstić information content (AvgIpc) is 2.73. The molecular formula is C20H22ClNO6S. The molecule has 3 rings (SSSR count). The van der Waals surface area contributed by atoms with Gasteiger partial charge in [-0.25, -0.2) is 13.2 Å². The second-order valence-corrected chi connectivity index (χ2v) is 8.77. The monoisotopic (exact) mass is 439 g/mol. The predicted molar refractivity (Wildman–Crippen MR) is 108 cm³/mol. The van der Waals surface area contributed by atoms with Crippen LogP contribution in [0.2, 0.25) is 5.02 Å². The third-order valence-electron chi connectivity index (χ3n) is 4.36. The Labute approximate surface area is 175 Å². The highest BCUT2D eigenvalue weighted by atomic mass is 35.5. The van der Waals surface area contributed by atoms with Gasteiger partial charge in [0.2, 0.25) is 10.0 Å². The molecular weight excluding hydrogens is 418 g/mol. The van der Waals surface area contributed by atoms with E-state index in [2.05, 4.69) is 0 Å². The smallest absolute Gasteiger partial charge is 0.338 e. The zero-order valence-corrected chi connectivity index (χ0v) is 17.5. The molecule has 156 valence electrons. The first kappa shape index (κ1) is 21.6. The molecule has 2 aromatic carbocycles. The van der Waals surface area contributed by atoms with Crippen molar-refractivity contribution in [3.63, 3.8) is 0 Å². The average molecular weight is 440 g/mol. The minimum Gasteiger partial charge on any atom is -0.490 e. The highest BCUT2D eigenvalue weighted by Gasteiger charge is 2.29. The lowest BCUT2D eigenvalue weighted by Gasteiger charge is -2.26. The van der Waals surface area contributed by atoms with E-state index < -0.39 is 16.0 Å². The van der Waals surface area contributed by atoms with Gasteiger partial charge in [0, 0.05) is 13.1 Å². The van der Waals surface area contributed by atoms with Crippen LogP contribution in [0.25, 0.3) is 0 Å². The van der Waals surface area contributed by atoms with Gasteiger partial charge in [0.15, 0.2) is 0 Å². The maximum atomic E-state index is 12.8. The third kappa shape index (κ3) is 5.48. The van der Waals surface area contributed by atoms with Crippen LogP contribution in [0, 0.1) is 6.92 Å². The highest BCUT2D eigenvalue weighted by Crippen LogP contribution is 2.26. The van der Waals surface area contributed by atoms with Crippen molar-refractivity contribution in [1.82, 2.24) is 4.31 Å². The lowest BCUT2D eigenvalue weighted by molar-refractivity contribution is 0.0450. The van der Waals surface area contributed by atoms with Crippen LogP contribution in [0.5, 0.6) is 5.75 Å². The van der Waals surface area contributed by atoms with Crippen molar-refractivity contribution in [2.75, 3.05) is 39.5 Å². The standard InChI is InChI=1S/C20H22ClNO6S/c1-15-2-5-17(6-3-15)27-12-13-28-20(23)16-4-7-18(21)19(14-16)29(24,25)22-8-10-26-11-9-22/h2-7,14H,8-13H2,1H3. The van der Waals surface area contributed by atoms with E-state index >= 15 is 0 Å². The summed E-state index contributed by atoms with van der Waals surface area (Å²) in [7, 11) is -3.82. The summed E-state index contributed by atoms with van der Waals surface area (Å²) in [5, 5.41) is 0.0516. The van der Waals surface area contributed by atoms with Crippen molar-refractivity contribution in [1.29, 1.82) is 0 Å². The van der Waals surface area contributed by atoms with Gasteiger partial charge >= 0.3 is 5.97 Å². The Balaban J connectivity index is 1.62. The molecule has 0 aromatic heterocycles. The Morgan fingerprint density at radius 2 is 1.79 bits per heavy atom. The van der Waals surface area contributed by atoms with Crippen molar-refractivity contribution in [2.45, 2.75) is 11.8 Å². The summed E-state index contributed by atoms with van der Waals surface area (Å²) in [4.78, 5) is 12.2. The third-order valence-corrected chi connectivity index (χ3v) is 6.74. The predicted octanol–water partition coefficient (Wildman–Crippen LogP) is 2.91. The Hall–Kier alpha value is -2.13. The van der Waals surface area contributed by atoms with Gasteiger partial charge in [-0.1, -0.05) is 29.3 Å². The SMILES string of the molecule is Cc1ccc(OCCOC(=O)c2ccc(Cl)c(S(=O)(=O)N3CCOCC3)c2)cc1. The Bertz CT molecular complexity index is 955. The molecule has 2 aromatic rings. The summed E-state index contributed by atoms with van der Waals surface area (Å²) in [5.74, 6) is 0.0321. The van der Waals surface area contributed by atoms with Crippen LogP contribution in [-0.4, -0.2) is 58.2 Å². The van der Waals surface area contributed by atoms with E-state index in [1.165, 1.54) is 22.5 Å². The number of esters is 1. The molecule has 0 saturated carbocycles. The fourth-order valence-corrected chi connectivity index (χ4v) is 4.67. The van der Waals surface area contributed by atoms with Crippen LogP contribution in [-0.2, 0) is 19.5 Å². The summed E-state index contributed by atoms with van der Waals surface area (Å²) in [6.07, 6.45) is 0. The molecule has 0 radical (unpaired) electrons. The molecule has 1 aliphatic heterocycles. The van der Waals surface area contributed by atoms with Gasteiger partial charge in [-0.2, -0.15) is 4.31 Å². The maximum Gasteiger partial charge on any atom is 0.338 e. The first-order valence-electron chi connectivity index (χ1n) is 9.12. The largest absolute Gasteiger partial charge is 0.490 e. The number of sulfonamides is 1. The van der Waals surface area contributed by atoms with Gasteiger partial charge in [-0.3, -0.25) is 0 Å². The van der Waals surface area contributed by atoms with E-state index in [0.717, 1.165) is 5.56 Å². The number of halogens is 1. The molecule has 1 fully saturated rings. The molecule has 7 nitrogen and oxygen atoms in total. The van der Waals surface area contributed by atoms with Crippen molar-refractivity contribution in [3.8, 4) is 5.75 Å².